The van der Waals surface area contributed by atoms with E-state index in [4.69, 9.17) is 16.3 Å². The number of methoxy groups -OCH3 is 1. The summed E-state index contributed by atoms with van der Waals surface area (Å²) < 4.78 is 4.76. The number of likely N-dealkylation sites (N-methyl/N-ethyl adjacent to an activating group) is 1. The molecule has 1 N–H and O–H groups in total. The summed E-state index contributed by atoms with van der Waals surface area (Å²) >= 11 is 6.25. The smallest absolute Gasteiger partial charge is 0.337 e. The first-order valence-corrected chi connectivity index (χ1v) is 8.78. The Hall–Kier alpha value is -2.38. The van der Waals surface area contributed by atoms with Crippen molar-refractivity contribution in [1.82, 2.24) is 14.9 Å². The molecule has 2 heterocycles. The summed E-state index contributed by atoms with van der Waals surface area (Å²) in [6.45, 7) is 5.77. The second-order valence-corrected chi connectivity index (χ2v) is 6.70. The highest BCUT2D eigenvalue weighted by atomic mass is 35.5. The van der Waals surface area contributed by atoms with Crippen molar-refractivity contribution in [3.05, 3.63) is 40.5 Å². The van der Waals surface area contributed by atoms with E-state index in [9.17, 15) is 4.79 Å². The summed E-state index contributed by atoms with van der Waals surface area (Å²) in [4.78, 5) is 25.3. The van der Waals surface area contributed by atoms with Gasteiger partial charge in [-0.05, 0) is 32.2 Å². The molecule has 1 aromatic carbocycles. The second kappa shape index (κ2) is 7.88. The predicted octanol–water partition coefficient (Wildman–Crippen LogP) is 2.72. The molecule has 1 aliphatic heterocycles. The third-order valence-corrected chi connectivity index (χ3v) is 4.63. The van der Waals surface area contributed by atoms with Crippen LogP contribution < -0.4 is 10.2 Å². The SMILES string of the molecule is COC(=O)c1ccc(Cl)c(Nc2nc(C)cc(N3CCN(C)CC3)n2)c1. The Labute approximate surface area is 157 Å². The zero-order valence-corrected chi connectivity index (χ0v) is 15.9. The highest BCUT2D eigenvalue weighted by molar-refractivity contribution is 6.33. The Morgan fingerprint density at radius 2 is 1.92 bits per heavy atom. The molecule has 26 heavy (non-hydrogen) atoms. The van der Waals surface area contributed by atoms with Crippen LogP contribution in [0.2, 0.25) is 5.02 Å². The molecular formula is C18H22ClN5O2. The molecule has 1 saturated heterocycles. The summed E-state index contributed by atoms with van der Waals surface area (Å²) in [6.07, 6.45) is 0. The largest absolute Gasteiger partial charge is 0.465 e. The van der Waals surface area contributed by atoms with Crippen molar-refractivity contribution in [2.75, 3.05) is 50.6 Å². The van der Waals surface area contributed by atoms with Gasteiger partial charge in [0, 0.05) is 37.9 Å². The van der Waals surface area contributed by atoms with Gasteiger partial charge in [0.05, 0.1) is 23.4 Å². The van der Waals surface area contributed by atoms with Crippen LogP contribution in [0.3, 0.4) is 0 Å². The summed E-state index contributed by atoms with van der Waals surface area (Å²) in [5.41, 5.74) is 1.83. The third kappa shape index (κ3) is 4.23. The quantitative estimate of drug-likeness (QED) is 0.824. The highest BCUT2D eigenvalue weighted by Crippen LogP contribution is 2.27. The summed E-state index contributed by atoms with van der Waals surface area (Å²) in [6, 6.07) is 6.87. The van der Waals surface area contributed by atoms with Crippen molar-refractivity contribution in [2.45, 2.75) is 6.92 Å². The van der Waals surface area contributed by atoms with Crippen molar-refractivity contribution in [2.24, 2.45) is 0 Å². The molecule has 0 unspecified atom stereocenters. The van der Waals surface area contributed by atoms with Crippen LogP contribution >= 0.6 is 11.6 Å². The van der Waals surface area contributed by atoms with Gasteiger partial charge in [-0.25, -0.2) is 9.78 Å². The first-order valence-electron chi connectivity index (χ1n) is 8.40. The van der Waals surface area contributed by atoms with Crippen molar-refractivity contribution in [1.29, 1.82) is 0 Å². The number of carbonyl (C=O) groups is 1. The van der Waals surface area contributed by atoms with Crippen molar-refractivity contribution < 1.29 is 9.53 Å². The van der Waals surface area contributed by atoms with E-state index < -0.39 is 5.97 Å². The maximum absolute atomic E-state index is 11.7. The Kier molecular flexibility index (Phi) is 5.58. The zero-order valence-electron chi connectivity index (χ0n) is 15.1. The number of carbonyl (C=O) groups excluding carboxylic acids is 1. The lowest BCUT2D eigenvalue weighted by atomic mass is 10.2. The molecule has 2 aromatic rings. The van der Waals surface area contributed by atoms with Crippen LogP contribution in [0.5, 0.6) is 0 Å². The molecule has 8 heteroatoms. The van der Waals surface area contributed by atoms with Crippen LogP contribution in [0.15, 0.2) is 24.3 Å². The Morgan fingerprint density at radius 1 is 1.19 bits per heavy atom. The summed E-state index contributed by atoms with van der Waals surface area (Å²) in [5, 5.41) is 3.60. The maximum atomic E-state index is 11.7. The van der Waals surface area contributed by atoms with E-state index in [0.717, 1.165) is 37.7 Å². The zero-order chi connectivity index (χ0) is 18.7. The normalized spacial score (nSPS) is 15.0. The Morgan fingerprint density at radius 3 is 2.62 bits per heavy atom. The summed E-state index contributed by atoms with van der Waals surface area (Å²) in [7, 11) is 3.46. The number of piperazine rings is 1. The molecule has 0 atom stereocenters. The number of rotatable bonds is 4. The first-order chi connectivity index (χ1) is 12.5. The number of nitrogens with one attached hydrogen (secondary N) is 1. The van der Waals surface area contributed by atoms with Crippen molar-refractivity contribution >= 4 is 35.0 Å². The van der Waals surface area contributed by atoms with E-state index in [1.54, 1.807) is 18.2 Å². The van der Waals surface area contributed by atoms with E-state index >= 15 is 0 Å². The molecular weight excluding hydrogens is 354 g/mol. The minimum absolute atomic E-state index is 0.409. The molecule has 0 amide bonds. The van der Waals surface area contributed by atoms with Gasteiger partial charge in [0.25, 0.3) is 0 Å². The lowest BCUT2D eigenvalue weighted by Crippen LogP contribution is -2.44. The fourth-order valence-corrected chi connectivity index (χ4v) is 2.96. The monoisotopic (exact) mass is 375 g/mol. The average Bonchev–Trinajstić information content (AvgIpc) is 2.63. The Bertz CT molecular complexity index is 806. The molecule has 3 rings (SSSR count). The molecule has 0 bridgehead atoms. The minimum atomic E-state index is -0.423. The molecule has 0 saturated carbocycles. The van der Waals surface area contributed by atoms with Gasteiger partial charge >= 0.3 is 5.97 Å². The van der Waals surface area contributed by atoms with Crippen LogP contribution in [0.1, 0.15) is 16.1 Å². The van der Waals surface area contributed by atoms with E-state index in [1.165, 1.54) is 7.11 Å². The van der Waals surface area contributed by atoms with Crippen LogP contribution in [-0.4, -0.2) is 61.2 Å². The van der Waals surface area contributed by atoms with Crippen molar-refractivity contribution in [3.8, 4) is 0 Å². The van der Waals surface area contributed by atoms with Crippen molar-refractivity contribution in [3.63, 3.8) is 0 Å². The van der Waals surface area contributed by atoms with Crippen LogP contribution in [-0.2, 0) is 4.74 Å². The maximum Gasteiger partial charge on any atom is 0.337 e. The van der Waals surface area contributed by atoms with Gasteiger partial charge in [-0.15, -0.1) is 0 Å². The number of halogens is 1. The van der Waals surface area contributed by atoms with Crippen LogP contribution in [0.4, 0.5) is 17.5 Å². The number of anilines is 3. The number of ether oxygens (including phenoxy) is 1. The van der Waals surface area contributed by atoms with Crippen LogP contribution in [0, 0.1) is 6.92 Å². The molecule has 1 aliphatic rings. The molecule has 7 nitrogen and oxygen atoms in total. The van der Waals surface area contributed by atoms with E-state index in [2.05, 4.69) is 32.1 Å². The first kappa shape index (κ1) is 18.4. The molecule has 138 valence electrons. The number of esters is 1. The molecule has 0 radical (unpaired) electrons. The van der Waals surface area contributed by atoms with Crippen LogP contribution in [0.25, 0.3) is 0 Å². The number of benzene rings is 1. The lowest BCUT2D eigenvalue weighted by molar-refractivity contribution is 0.0601. The lowest BCUT2D eigenvalue weighted by Gasteiger charge is -2.33. The number of nitrogens with zero attached hydrogens (tertiary/aromatic N) is 4. The van der Waals surface area contributed by atoms with Gasteiger partial charge in [-0.1, -0.05) is 11.6 Å². The topological polar surface area (TPSA) is 70.6 Å². The number of hydrogen-bond donors (Lipinski definition) is 1. The molecule has 0 spiro atoms. The third-order valence-electron chi connectivity index (χ3n) is 4.30. The van der Waals surface area contributed by atoms with Gasteiger partial charge in [0.1, 0.15) is 5.82 Å². The van der Waals surface area contributed by atoms with Gasteiger partial charge < -0.3 is 19.9 Å². The molecule has 1 aromatic heterocycles. The standard InChI is InChI=1S/C18H22ClN5O2/c1-12-10-16(24-8-6-23(2)7-9-24)22-18(20-12)21-15-11-13(17(25)26-3)4-5-14(15)19/h4-5,10-11H,6-9H2,1-3H3,(H,20,21,22). The molecule has 1 fully saturated rings. The minimum Gasteiger partial charge on any atom is -0.465 e. The van der Waals surface area contributed by atoms with Gasteiger partial charge in [0.2, 0.25) is 5.95 Å². The van der Waals surface area contributed by atoms with E-state index in [1.807, 2.05) is 13.0 Å². The fourth-order valence-electron chi connectivity index (χ4n) is 2.79. The van der Waals surface area contributed by atoms with E-state index in [-0.39, 0.29) is 0 Å². The fraction of sp³-hybridized carbons (Fsp3) is 0.389. The molecule has 0 aliphatic carbocycles. The van der Waals surface area contributed by atoms with Gasteiger partial charge in [-0.3, -0.25) is 0 Å². The number of hydrogen-bond acceptors (Lipinski definition) is 7. The van der Waals surface area contributed by atoms with E-state index in [0.29, 0.717) is 22.2 Å². The van der Waals surface area contributed by atoms with Gasteiger partial charge in [-0.2, -0.15) is 4.98 Å². The predicted molar refractivity (Wildman–Crippen MR) is 103 cm³/mol. The number of aryl methyl sites for hydroxylation is 1. The average molecular weight is 376 g/mol. The van der Waals surface area contributed by atoms with Gasteiger partial charge in [0.15, 0.2) is 0 Å². The Balaban J connectivity index is 1.85. The highest BCUT2D eigenvalue weighted by Gasteiger charge is 2.17. The number of aromatic nitrogens is 2. The second-order valence-electron chi connectivity index (χ2n) is 6.29. The summed E-state index contributed by atoms with van der Waals surface area (Å²) in [5.74, 6) is 0.907.